The minimum absolute atomic E-state index is 0.0110. The first-order chi connectivity index (χ1) is 7.91. The van der Waals surface area contributed by atoms with Crippen LogP contribution in [0.5, 0.6) is 0 Å². The van der Waals surface area contributed by atoms with Crippen LogP contribution in [0.1, 0.15) is 47.0 Å². The minimum Gasteiger partial charge on any atom is -0.392 e. The second-order valence-corrected chi connectivity index (χ2v) is 9.23. The van der Waals surface area contributed by atoms with Crippen molar-refractivity contribution in [1.29, 1.82) is 0 Å². The quantitative estimate of drug-likeness (QED) is 0.775. The maximum Gasteiger partial charge on any atom is 0.218 e. The van der Waals surface area contributed by atoms with Gasteiger partial charge in [-0.1, -0.05) is 39.9 Å². The molecule has 0 aromatic heterocycles. The van der Waals surface area contributed by atoms with E-state index in [9.17, 15) is 8.42 Å². The van der Waals surface area contributed by atoms with E-state index in [-0.39, 0.29) is 27.6 Å². The smallest absolute Gasteiger partial charge is 0.218 e. The van der Waals surface area contributed by atoms with Crippen molar-refractivity contribution in [1.82, 2.24) is 4.72 Å². The van der Waals surface area contributed by atoms with E-state index in [1.807, 2.05) is 0 Å². The molecule has 0 radical (unpaired) electrons. The van der Waals surface area contributed by atoms with Crippen molar-refractivity contribution in [3.63, 3.8) is 0 Å². The van der Waals surface area contributed by atoms with Crippen LogP contribution in [-0.4, -0.2) is 25.2 Å². The van der Waals surface area contributed by atoms with E-state index in [1.165, 1.54) is 0 Å². The molecule has 1 saturated carbocycles. The van der Waals surface area contributed by atoms with Crippen LogP contribution in [0.4, 0.5) is 0 Å². The number of sulfonamides is 1. The Balaban J connectivity index is 2.76. The molecule has 6 heteroatoms. The Morgan fingerprint density at radius 3 is 2.11 bits per heavy atom. The molecule has 0 spiro atoms. The fourth-order valence-corrected chi connectivity index (χ4v) is 5.01. The first kappa shape index (κ1) is 15.9. The van der Waals surface area contributed by atoms with E-state index < -0.39 is 10.0 Å². The molecule has 1 fully saturated rings. The number of nitrogens with one attached hydrogen (secondary N) is 1. The predicted molar refractivity (Wildman–Crippen MR) is 78.9 cm³/mol. The van der Waals surface area contributed by atoms with Crippen molar-refractivity contribution >= 4 is 27.2 Å². The summed E-state index contributed by atoms with van der Waals surface area (Å²) in [5, 5.41) is 0. The highest BCUT2D eigenvalue weighted by molar-refractivity contribution is 7.92. The van der Waals surface area contributed by atoms with Crippen LogP contribution in [0.3, 0.4) is 0 Å². The van der Waals surface area contributed by atoms with E-state index in [2.05, 4.69) is 44.6 Å². The van der Waals surface area contributed by atoms with Gasteiger partial charge in [0, 0.05) is 6.04 Å². The van der Waals surface area contributed by atoms with Gasteiger partial charge >= 0.3 is 0 Å². The fraction of sp³-hybridized carbons (Fsp3) is 0.917. The highest BCUT2D eigenvalue weighted by Gasteiger charge is 2.39. The summed E-state index contributed by atoms with van der Waals surface area (Å²) in [6.45, 7) is 8.73. The van der Waals surface area contributed by atoms with Crippen LogP contribution < -0.4 is 10.5 Å². The molecule has 0 amide bonds. The molecule has 1 aliphatic rings. The van der Waals surface area contributed by atoms with Gasteiger partial charge in [0.1, 0.15) is 5.75 Å². The van der Waals surface area contributed by atoms with Gasteiger partial charge in [0.2, 0.25) is 10.0 Å². The molecule has 0 atom stereocenters. The van der Waals surface area contributed by atoms with Gasteiger partial charge in [0.15, 0.2) is 0 Å². The molecule has 0 bridgehead atoms. The normalized spacial score (nSPS) is 23.8. The van der Waals surface area contributed by atoms with Crippen LogP contribution >= 0.6 is 12.2 Å². The minimum atomic E-state index is -3.40. The molecule has 4 nitrogen and oxygen atoms in total. The lowest BCUT2D eigenvalue weighted by molar-refractivity contribution is 0.0935. The molecule has 1 aliphatic carbocycles. The molecule has 1 rings (SSSR count). The largest absolute Gasteiger partial charge is 0.392 e. The Morgan fingerprint density at radius 2 is 1.72 bits per heavy atom. The summed E-state index contributed by atoms with van der Waals surface area (Å²) in [5.41, 5.74) is 5.60. The Morgan fingerprint density at radius 1 is 1.28 bits per heavy atom. The van der Waals surface area contributed by atoms with E-state index in [4.69, 9.17) is 5.73 Å². The zero-order valence-corrected chi connectivity index (χ0v) is 13.2. The van der Waals surface area contributed by atoms with Crippen LogP contribution in [0, 0.1) is 10.8 Å². The molecule has 0 aromatic rings. The Bertz CT molecular complexity index is 411. The third kappa shape index (κ3) is 5.20. The van der Waals surface area contributed by atoms with Gasteiger partial charge in [-0.3, -0.25) is 0 Å². The average molecular weight is 292 g/mol. The molecular formula is C12H24N2O2S2. The number of thiocarbonyl (C=S) groups is 1. The standard InChI is InChI=1S/C12H24N2O2S2/c1-11(2)5-9(6-12(3,4)8-11)14-18(15,16)7-10(13)17/h9,14H,5-8H2,1-4H3,(H2,13,17). The van der Waals surface area contributed by atoms with Gasteiger partial charge in [-0.2, -0.15) is 0 Å². The summed E-state index contributed by atoms with van der Waals surface area (Å²) in [6.07, 6.45) is 2.81. The lowest BCUT2D eigenvalue weighted by Gasteiger charge is -2.45. The van der Waals surface area contributed by atoms with Crippen molar-refractivity contribution < 1.29 is 8.42 Å². The van der Waals surface area contributed by atoms with Gasteiger partial charge in [0.05, 0.1) is 4.99 Å². The SMILES string of the molecule is CC1(C)CC(NS(=O)(=O)CC(N)=S)CC(C)(C)C1. The summed E-state index contributed by atoms with van der Waals surface area (Å²) in [5.74, 6) is -0.264. The average Bonchev–Trinajstić information content (AvgIpc) is 1.90. The third-order valence-corrected chi connectivity index (χ3v) is 4.94. The second-order valence-electron chi connectivity index (χ2n) is 6.95. The van der Waals surface area contributed by atoms with E-state index >= 15 is 0 Å². The van der Waals surface area contributed by atoms with E-state index in [0.29, 0.717) is 0 Å². The van der Waals surface area contributed by atoms with E-state index in [1.54, 1.807) is 0 Å². The molecule has 0 aliphatic heterocycles. The third-order valence-electron chi connectivity index (χ3n) is 3.23. The molecular weight excluding hydrogens is 268 g/mol. The van der Waals surface area contributed by atoms with Crippen molar-refractivity contribution in [2.45, 2.75) is 53.0 Å². The van der Waals surface area contributed by atoms with E-state index in [0.717, 1.165) is 19.3 Å². The number of nitrogens with two attached hydrogens (primary N) is 1. The Kier molecular flexibility index (Phi) is 4.45. The Labute approximate surface area is 116 Å². The number of hydrogen-bond donors (Lipinski definition) is 2. The molecule has 0 aromatic carbocycles. The van der Waals surface area contributed by atoms with Gasteiger partial charge in [-0.15, -0.1) is 0 Å². The summed E-state index contributed by atoms with van der Waals surface area (Å²) >= 11 is 4.66. The van der Waals surface area contributed by atoms with Crippen LogP contribution in [0.25, 0.3) is 0 Å². The molecule has 0 heterocycles. The second kappa shape index (κ2) is 5.06. The van der Waals surface area contributed by atoms with Crippen LogP contribution in [0.15, 0.2) is 0 Å². The van der Waals surface area contributed by atoms with Gasteiger partial charge in [-0.05, 0) is 30.1 Å². The van der Waals surface area contributed by atoms with Gasteiger partial charge < -0.3 is 5.73 Å². The first-order valence-electron chi connectivity index (χ1n) is 6.19. The number of rotatable bonds is 4. The lowest BCUT2D eigenvalue weighted by Crippen LogP contribution is -2.47. The highest BCUT2D eigenvalue weighted by atomic mass is 32.2. The zero-order valence-electron chi connectivity index (χ0n) is 11.6. The zero-order chi connectivity index (χ0) is 14.2. The highest BCUT2D eigenvalue weighted by Crippen LogP contribution is 2.45. The van der Waals surface area contributed by atoms with Crippen molar-refractivity contribution in [2.24, 2.45) is 16.6 Å². The first-order valence-corrected chi connectivity index (χ1v) is 8.25. The van der Waals surface area contributed by atoms with Crippen molar-refractivity contribution in [2.75, 3.05) is 5.75 Å². The molecule has 18 heavy (non-hydrogen) atoms. The summed E-state index contributed by atoms with van der Waals surface area (Å²) < 4.78 is 26.4. The Hall–Kier alpha value is -0.200. The monoisotopic (exact) mass is 292 g/mol. The predicted octanol–water partition coefficient (Wildman–Crippen LogP) is 1.80. The van der Waals surface area contributed by atoms with Gasteiger partial charge in [-0.25, -0.2) is 13.1 Å². The molecule has 0 unspecified atom stereocenters. The van der Waals surface area contributed by atoms with Crippen LogP contribution in [0.2, 0.25) is 0 Å². The molecule has 0 saturated heterocycles. The number of hydrogen-bond acceptors (Lipinski definition) is 3. The summed E-state index contributed by atoms with van der Waals surface area (Å²) in [6, 6.07) is -0.0249. The topological polar surface area (TPSA) is 72.2 Å². The summed E-state index contributed by atoms with van der Waals surface area (Å²) in [4.78, 5) is 0.0110. The van der Waals surface area contributed by atoms with Crippen molar-refractivity contribution in [3.8, 4) is 0 Å². The summed E-state index contributed by atoms with van der Waals surface area (Å²) in [7, 11) is -3.40. The maximum absolute atomic E-state index is 11.9. The maximum atomic E-state index is 11.9. The van der Waals surface area contributed by atoms with Crippen molar-refractivity contribution in [3.05, 3.63) is 0 Å². The van der Waals surface area contributed by atoms with Crippen LogP contribution in [-0.2, 0) is 10.0 Å². The fourth-order valence-electron chi connectivity index (χ4n) is 3.41. The van der Waals surface area contributed by atoms with Gasteiger partial charge in [0.25, 0.3) is 0 Å². The molecule has 106 valence electrons. The molecule has 3 N–H and O–H groups in total. The lowest BCUT2D eigenvalue weighted by atomic mass is 9.64.